The summed E-state index contributed by atoms with van der Waals surface area (Å²) in [6.45, 7) is 13.7. The number of anilines is 1. The number of rotatable bonds is 5. The molecule has 12 heteroatoms. The number of fused-ring (bicyclic) bond motifs is 5. The number of piperazine rings is 1. The number of piperidine rings is 1. The zero-order valence-corrected chi connectivity index (χ0v) is 25.3. The van der Waals surface area contributed by atoms with E-state index in [1.807, 2.05) is 32.6 Å². The summed E-state index contributed by atoms with van der Waals surface area (Å²) in [6.07, 6.45) is 4.64. The molecule has 0 aliphatic carbocycles. The first-order chi connectivity index (χ1) is 19.5. The number of hydrogen-bond acceptors (Lipinski definition) is 9. The van der Waals surface area contributed by atoms with E-state index in [1.54, 1.807) is 0 Å². The van der Waals surface area contributed by atoms with Crippen molar-refractivity contribution in [3.05, 3.63) is 11.0 Å². The van der Waals surface area contributed by atoms with Gasteiger partial charge in [0.25, 0.3) is 0 Å². The Morgan fingerprint density at radius 3 is 2.66 bits per heavy atom. The summed E-state index contributed by atoms with van der Waals surface area (Å²) in [4.78, 5) is 33.3. The first-order valence-corrected chi connectivity index (χ1v) is 15.2. The summed E-state index contributed by atoms with van der Waals surface area (Å²) < 4.78 is 33.7. The molecule has 4 aliphatic heterocycles. The van der Waals surface area contributed by atoms with Crippen LogP contribution in [0.15, 0.2) is 0 Å². The van der Waals surface area contributed by atoms with Crippen LogP contribution in [0.1, 0.15) is 66.7 Å². The highest BCUT2D eigenvalue weighted by Gasteiger charge is 2.53. The van der Waals surface area contributed by atoms with Crippen LogP contribution in [-0.4, -0.2) is 93.5 Å². The summed E-state index contributed by atoms with van der Waals surface area (Å²) >= 11 is 6.22. The van der Waals surface area contributed by atoms with E-state index in [9.17, 15) is 4.79 Å². The Hall–Kier alpha value is -2.66. The number of carbonyl (C=O) groups is 1. The average Bonchev–Trinajstić information content (AvgIpc) is 3.16. The van der Waals surface area contributed by atoms with Crippen LogP contribution in [0, 0.1) is 11.7 Å². The molecule has 0 N–H and O–H groups in total. The Labute approximate surface area is 245 Å². The van der Waals surface area contributed by atoms with Crippen molar-refractivity contribution in [2.75, 3.05) is 37.7 Å². The highest BCUT2D eigenvalue weighted by Crippen LogP contribution is 2.46. The third-order valence-electron chi connectivity index (χ3n) is 8.55. The third kappa shape index (κ3) is 5.47. The first kappa shape index (κ1) is 28.5. The molecule has 6 heterocycles. The van der Waals surface area contributed by atoms with E-state index in [2.05, 4.69) is 26.7 Å². The lowest BCUT2D eigenvalue weighted by Gasteiger charge is -2.48. The predicted molar refractivity (Wildman–Crippen MR) is 153 cm³/mol. The summed E-state index contributed by atoms with van der Waals surface area (Å²) in [5.41, 5.74) is -0.581. The van der Waals surface area contributed by atoms with E-state index in [4.69, 9.17) is 30.8 Å². The van der Waals surface area contributed by atoms with E-state index < -0.39 is 17.5 Å². The van der Waals surface area contributed by atoms with Gasteiger partial charge in [0.2, 0.25) is 5.88 Å². The Bertz CT molecular complexity index is 1320. The summed E-state index contributed by atoms with van der Waals surface area (Å²) in [7, 11) is 0. The fourth-order valence-corrected chi connectivity index (χ4v) is 7.07. The number of amides is 1. The molecular weight excluding hydrogens is 551 g/mol. The molecule has 1 amide bonds. The Morgan fingerprint density at radius 2 is 1.93 bits per heavy atom. The molecule has 224 valence electrons. The quantitative estimate of drug-likeness (QED) is 0.443. The molecule has 0 unspecified atom stereocenters. The second-order valence-electron chi connectivity index (χ2n) is 13.0. The largest absolute Gasteiger partial charge is 0.472 e. The van der Waals surface area contributed by atoms with Crippen molar-refractivity contribution in [1.82, 2.24) is 24.8 Å². The molecule has 5 atom stereocenters. The first-order valence-electron chi connectivity index (χ1n) is 14.9. The van der Waals surface area contributed by atoms with Crippen molar-refractivity contribution in [2.24, 2.45) is 5.92 Å². The van der Waals surface area contributed by atoms with Crippen LogP contribution < -0.4 is 14.4 Å². The fraction of sp³-hybridized carbons (Fsp3) is 0.724. The molecule has 41 heavy (non-hydrogen) atoms. The normalized spacial score (nSPS) is 26.8. The van der Waals surface area contributed by atoms with Gasteiger partial charge in [0.05, 0.1) is 24.7 Å². The number of halogens is 2. The lowest BCUT2D eigenvalue weighted by Crippen LogP contribution is -2.65. The van der Waals surface area contributed by atoms with Crippen molar-refractivity contribution in [3.8, 4) is 11.9 Å². The zero-order valence-electron chi connectivity index (χ0n) is 24.5. The topological polar surface area (TPSA) is 93.2 Å². The SMILES string of the molecule is C[C@@H](COc1nc2c3c(nc(Cl)c(F)c3n1)O[C@@H](C)[C@@H]1[C@@H]3CC[C@H](CN21)N3C(=O)OC(C)(C)C)CN1CCCCC1. The van der Waals surface area contributed by atoms with Crippen molar-refractivity contribution in [1.29, 1.82) is 0 Å². The maximum Gasteiger partial charge on any atom is 0.410 e. The molecule has 2 bridgehead atoms. The lowest BCUT2D eigenvalue weighted by molar-refractivity contribution is 0.000938. The minimum Gasteiger partial charge on any atom is -0.472 e. The van der Waals surface area contributed by atoms with E-state index >= 15 is 4.39 Å². The number of pyridine rings is 1. The Morgan fingerprint density at radius 1 is 1.17 bits per heavy atom. The van der Waals surface area contributed by atoms with Gasteiger partial charge in [-0.3, -0.25) is 4.90 Å². The molecule has 0 spiro atoms. The smallest absolute Gasteiger partial charge is 0.410 e. The molecule has 2 aromatic heterocycles. The maximum atomic E-state index is 15.5. The van der Waals surface area contributed by atoms with Gasteiger partial charge < -0.3 is 24.0 Å². The van der Waals surface area contributed by atoms with Crippen molar-refractivity contribution in [2.45, 2.75) is 96.6 Å². The van der Waals surface area contributed by atoms with Gasteiger partial charge in [-0.15, -0.1) is 0 Å². The van der Waals surface area contributed by atoms with Crippen molar-refractivity contribution < 1.29 is 23.4 Å². The second kappa shape index (κ2) is 10.9. The molecule has 0 saturated carbocycles. The standard InChI is InChI=1S/C29H40ClFN6O4/c1-16(13-35-11-7-6-8-12-35)15-39-27-32-22-20-25(34-27)36-14-18-9-10-19(37(18)28(38)41-29(3,4)5)23(36)17(2)40-26(20)33-24(30)21(22)31/h16-19,23H,6-15H2,1-5H3/t16-,17+,18-,19+,23-/m1/s1. The maximum absolute atomic E-state index is 15.5. The van der Waals surface area contributed by atoms with Crippen LogP contribution in [0.5, 0.6) is 11.9 Å². The van der Waals surface area contributed by atoms with Crippen LogP contribution in [0.4, 0.5) is 15.0 Å². The number of ether oxygens (including phenoxy) is 3. The minimum atomic E-state index is -0.731. The van der Waals surface area contributed by atoms with Gasteiger partial charge in [-0.1, -0.05) is 24.9 Å². The van der Waals surface area contributed by atoms with Gasteiger partial charge in [0.15, 0.2) is 11.0 Å². The van der Waals surface area contributed by atoms with Gasteiger partial charge in [0, 0.05) is 19.0 Å². The Balaban J connectivity index is 1.33. The number of carbonyl (C=O) groups excluding carboxylic acids is 1. The number of aromatic nitrogens is 3. The van der Waals surface area contributed by atoms with Crippen LogP contribution in [0.25, 0.3) is 10.9 Å². The molecule has 0 aromatic carbocycles. The molecule has 3 fully saturated rings. The lowest BCUT2D eigenvalue weighted by atomic mass is 9.98. The second-order valence-corrected chi connectivity index (χ2v) is 13.4. The Kier molecular flexibility index (Phi) is 7.55. The molecule has 10 nitrogen and oxygen atoms in total. The van der Waals surface area contributed by atoms with Crippen LogP contribution in [-0.2, 0) is 4.74 Å². The van der Waals surface area contributed by atoms with Gasteiger partial charge in [-0.2, -0.15) is 15.0 Å². The van der Waals surface area contributed by atoms with Gasteiger partial charge >= 0.3 is 12.1 Å². The molecule has 2 aromatic rings. The summed E-state index contributed by atoms with van der Waals surface area (Å²) in [5.74, 6) is 0.206. The minimum absolute atomic E-state index is 0.0263. The molecule has 6 rings (SSSR count). The van der Waals surface area contributed by atoms with Crippen LogP contribution in [0.3, 0.4) is 0 Å². The van der Waals surface area contributed by atoms with Crippen molar-refractivity contribution >= 4 is 34.4 Å². The zero-order chi connectivity index (χ0) is 29.1. The molecular formula is C29H40ClFN6O4. The third-order valence-corrected chi connectivity index (χ3v) is 8.80. The van der Waals surface area contributed by atoms with Crippen LogP contribution >= 0.6 is 11.6 Å². The van der Waals surface area contributed by atoms with Crippen molar-refractivity contribution in [3.63, 3.8) is 0 Å². The fourth-order valence-electron chi connectivity index (χ4n) is 6.91. The van der Waals surface area contributed by atoms with E-state index in [0.29, 0.717) is 24.4 Å². The van der Waals surface area contributed by atoms with Gasteiger partial charge in [-0.25, -0.2) is 9.18 Å². The van der Waals surface area contributed by atoms with Gasteiger partial charge in [-0.05, 0) is 66.5 Å². The van der Waals surface area contributed by atoms with Gasteiger partial charge in [0.1, 0.15) is 28.4 Å². The predicted octanol–water partition coefficient (Wildman–Crippen LogP) is 5.06. The van der Waals surface area contributed by atoms with E-state index in [1.165, 1.54) is 19.3 Å². The average molecular weight is 591 g/mol. The number of nitrogens with zero attached hydrogens (tertiary/aromatic N) is 6. The molecule has 4 aliphatic rings. The summed E-state index contributed by atoms with van der Waals surface area (Å²) in [6, 6.07) is -0.419. The van der Waals surface area contributed by atoms with E-state index in [-0.39, 0.29) is 52.7 Å². The number of likely N-dealkylation sites (tertiary alicyclic amines) is 1. The summed E-state index contributed by atoms with van der Waals surface area (Å²) in [5, 5.41) is 0.0608. The molecule has 3 saturated heterocycles. The highest BCUT2D eigenvalue weighted by molar-refractivity contribution is 6.30. The number of hydrogen-bond donors (Lipinski definition) is 0. The molecule has 0 radical (unpaired) electrons. The highest BCUT2D eigenvalue weighted by atomic mass is 35.5. The van der Waals surface area contributed by atoms with Crippen LogP contribution in [0.2, 0.25) is 5.15 Å². The monoisotopic (exact) mass is 590 g/mol. The van der Waals surface area contributed by atoms with E-state index in [0.717, 1.165) is 32.5 Å².